The van der Waals surface area contributed by atoms with Crippen LogP contribution in [0.25, 0.3) is 17.2 Å². The van der Waals surface area contributed by atoms with Crippen molar-refractivity contribution in [3.8, 4) is 16.9 Å². The Morgan fingerprint density at radius 1 is 1.24 bits per heavy atom. The molecule has 0 fully saturated rings. The summed E-state index contributed by atoms with van der Waals surface area (Å²) in [5.41, 5.74) is 3.50. The summed E-state index contributed by atoms with van der Waals surface area (Å²) in [6.45, 7) is 7.89. The van der Waals surface area contributed by atoms with Crippen LogP contribution in [0.2, 0.25) is 0 Å². The Hall–Kier alpha value is -1.54. The second kappa shape index (κ2) is 5.19. The lowest BCUT2D eigenvalue weighted by atomic mass is 10.1. The van der Waals surface area contributed by atoms with Crippen LogP contribution in [-0.2, 0) is 0 Å². The van der Waals surface area contributed by atoms with E-state index in [0.717, 1.165) is 11.3 Å². The number of benzene rings is 1. The molecule has 17 heavy (non-hydrogen) atoms. The summed E-state index contributed by atoms with van der Waals surface area (Å²) in [5, 5.41) is 4.22. The van der Waals surface area contributed by atoms with Crippen molar-refractivity contribution < 1.29 is 4.74 Å². The molecule has 0 radical (unpaired) electrons. The fraction of sp³-hybridized carbons (Fsp3) is 0.200. The molecule has 0 aliphatic carbocycles. The average Bonchev–Trinajstić information content (AvgIpc) is 2.81. The zero-order valence-electron chi connectivity index (χ0n) is 10.1. The van der Waals surface area contributed by atoms with E-state index in [4.69, 9.17) is 4.74 Å². The maximum atomic E-state index is 5.75. The molecule has 88 valence electrons. The second-order valence-electron chi connectivity index (χ2n) is 4.17. The first-order chi connectivity index (χ1) is 8.19. The van der Waals surface area contributed by atoms with Gasteiger partial charge in [0.1, 0.15) is 5.75 Å². The molecule has 0 aliphatic rings. The van der Waals surface area contributed by atoms with Crippen LogP contribution in [0.1, 0.15) is 19.4 Å². The maximum Gasteiger partial charge on any atom is 0.120 e. The van der Waals surface area contributed by atoms with Crippen molar-refractivity contribution in [2.75, 3.05) is 0 Å². The predicted octanol–water partition coefficient (Wildman–Crippen LogP) is 4.85. The van der Waals surface area contributed by atoms with Gasteiger partial charge in [0, 0.05) is 0 Å². The molecular formula is C15H16OS. The predicted molar refractivity (Wildman–Crippen MR) is 75.6 cm³/mol. The van der Waals surface area contributed by atoms with Crippen molar-refractivity contribution in [3.63, 3.8) is 0 Å². The molecule has 0 aliphatic heterocycles. The highest BCUT2D eigenvalue weighted by Crippen LogP contribution is 2.28. The largest absolute Gasteiger partial charge is 0.491 e. The lowest BCUT2D eigenvalue weighted by molar-refractivity contribution is 0.242. The highest BCUT2D eigenvalue weighted by molar-refractivity contribution is 7.08. The monoisotopic (exact) mass is 244 g/mol. The number of hydrogen-bond donors (Lipinski definition) is 0. The lowest BCUT2D eigenvalue weighted by Crippen LogP contribution is -2.05. The van der Waals surface area contributed by atoms with Crippen LogP contribution in [0.3, 0.4) is 0 Å². The minimum absolute atomic E-state index is 0.186. The van der Waals surface area contributed by atoms with E-state index in [2.05, 4.69) is 35.5 Å². The van der Waals surface area contributed by atoms with Crippen LogP contribution >= 0.6 is 11.3 Å². The molecule has 0 spiro atoms. The van der Waals surface area contributed by atoms with Gasteiger partial charge in [0.25, 0.3) is 0 Å². The molecule has 0 amide bonds. The van der Waals surface area contributed by atoms with E-state index in [9.17, 15) is 0 Å². The van der Waals surface area contributed by atoms with Crippen LogP contribution < -0.4 is 4.74 Å². The summed E-state index contributed by atoms with van der Waals surface area (Å²) in [5.74, 6) is 0.901. The van der Waals surface area contributed by atoms with Gasteiger partial charge in [-0.2, -0.15) is 11.3 Å². The molecular weight excluding hydrogens is 228 g/mol. The third-order valence-corrected chi connectivity index (χ3v) is 3.07. The molecule has 2 rings (SSSR count). The molecule has 2 aromatic rings. The first-order valence-corrected chi connectivity index (χ1v) is 6.60. The molecule has 0 saturated heterocycles. The summed E-state index contributed by atoms with van der Waals surface area (Å²) < 4.78 is 5.75. The van der Waals surface area contributed by atoms with Gasteiger partial charge in [0.05, 0.1) is 6.10 Å². The first-order valence-electron chi connectivity index (χ1n) is 5.66. The van der Waals surface area contributed by atoms with Gasteiger partial charge in [-0.15, -0.1) is 0 Å². The highest BCUT2D eigenvalue weighted by Gasteiger charge is 2.04. The molecule has 1 heterocycles. The van der Waals surface area contributed by atoms with E-state index in [1.165, 1.54) is 11.1 Å². The van der Waals surface area contributed by atoms with Gasteiger partial charge in [-0.25, -0.2) is 0 Å². The van der Waals surface area contributed by atoms with Gasteiger partial charge in [0.15, 0.2) is 0 Å². The van der Waals surface area contributed by atoms with Gasteiger partial charge in [-0.05, 0) is 65.6 Å². The average molecular weight is 244 g/mol. The standard InChI is InChI=1S/C15H16OS/c1-4-12-7-14(13-5-6-17-10-13)9-15(8-12)16-11(2)3/h4-11H,1H2,2-3H3. The Balaban J connectivity index is 2.42. The Morgan fingerprint density at radius 3 is 2.65 bits per heavy atom. The normalized spacial score (nSPS) is 10.5. The molecule has 0 unspecified atom stereocenters. The molecule has 1 aromatic heterocycles. The third kappa shape index (κ3) is 2.98. The summed E-state index contributed by atoms with van der Waals surface area (Å²) in [7, 11) is 0. The van der Waals surface area contributed by atoms with Crippen LogP contribution in [0.5, 0.6) is 5.75 Å². The molecule has 2 heteroatoms. The van der Waals surface area contributed by atoms with Crippen LogP contribution in [0.4, 0.5) is 0 Å². The number of hydrogen-bond acceptors (Lipinski definition) is 2. The minimum atomic E-state index is 0.186. The second-order valence-corrected chi connectivity index (χ2v) is 4.95. The molecule has 0 saturated carbocycles. The van der Waals surface area contributed by atoms with Crippen molar-refractivity contribution >= 4 is 17.4 Å². The zero-order valence-corrected chi connectivity index (χ0v) is 11.0. The van der Waals surface area contributed by atoms with Gasteiger partial charge in [-0.1, -0.05) is 12.7 Å². The summed E-state index contributed by atoms with van der Waals surface area (Å²) in [6, 6.07) is 8.34. The Morgan fingerprint density at radius 2 is 2.06 bits per heavy atom. The van der Waals surface area contributed by atoms with Crippen LogP contribution in [0, 0.1) is 0 Å². The Labute approximate surface area is 106 Å². The van der Waals surface area contributed by atoms with Gasteiger partial charge >= 0.3 is 0 Å². The smallest absolute Gasteiger partial charge is 0.120 e. The van der Waals surface area contributed by atoms with Crippen molar-refractivity contribution in [1.29, 1.82) is 0 Å². The first kappa shape index (κ1) is 11.9. The van der Waals surface area contributed by atoms with Crippen molar-refractivity contribution in [2.45, 2.75) is 20.0 Å². The van der Waals surface area contributed by atoms with Crippen molar-refractivity contribution in [2.24, 2.45) is 0 Å². The molecule has 1 nitrogen and oxygen atoms in total. The molecule has 1 aromatic carbocycles. The zero-order chi connectivity index (χ0) is 12.3. The van der Waals surface area contributed by atoms with E-state index in [1.807, 2.05) is 26.0 Å². The topological polar surface area (TPSA) is 9.23 Å². The van der Waals surface area contributed by atoms with E-state index in [1.54, 1.807) is 11.3 Å². The summed E-state index contributed by atoms with van der Waals surface area (Å²) >= 11 is 1.70. The SMILES string of the molecule is C=Cc1cc(OC(C)C)cc(-c2ccsc2)c1. The number of rotatable bonds is 4. The van der Waals surface area contributed by atoms with Crippen molar-refractivity contribution in [3.05, 3.63) is 47.2 Å². The molecule has 0 N–H and O–H groups in total. The molecule has 0 atom stereocenters. The van der Waals surface area contributed by atoms with E-state index >= 15 is 0 Å². The maximum absolute atomic E-state index is 5.75. The Kier molecular flexibility index (Phi) is 3.64. The van der Waals surface area contributed by atoms with Gasteiger partial charge < -0.3 is 4.74 Å². The summed E-state index contributed by atoms with van der Waals surface area (Å²) in [4.78, 5) is 0. The van der Waals surface area contributed by atoms with Crippen LogP contribution in [0.15, 0.2) is 41.6 Å². The fourth-order valence-electron chi connectivity index (χ4n) is 1.68. The third-order valence-electron chi connectivity index (χ3n) is 2.39. The molecule has 0 bridgehead atoms. The fourth-order valence-corrected chi connectivity index (χ4v) is 2.34. The minimum Gasteiger partial charge on any atom is -0.491 e. The van der Waals surface area contributed by atoms with Crippen molar-refractivity contribution in [1.82, 2.24) is 0 Å². The summed E-state index contributed by atoms with van der Waals surface area (Å²) in [6.07, 6.45) is 2.04. The Bertz CT molecular complexity index is 498. The number of thiophene rings is 1. The van der Waals surface area contributed by atoms with E-state index < -0.39 is 0 Å². The van der Waals surface area contributed by atoms with Gasteiger partial charge in [-0.3, -0.25) is 0 Å². The lowest BCUT2D eigenvalue weighted by Gasteiger charge is -2.12. The van der Waals surface area contributed by atoms with E-state index in [0.29, 0.717) is 0 Å². The quantitative estimate of drug-likeness (QED) is 0.747. The van der Waals surface area contributed by atoms with E-state index in [-0.39, 0.29) is 6.10 Å². The number of ether oxygens (including phenoxy) is 1. The van der Waals surface area contributed by atoms with Gasteiger partial charge in [0.2, 0.25) is 0 Å². The van der Waals surface area contributed by atoms with Crippen LogP contribution in [-0.4, -0.2) is 6.10 Å². The highest BCUT2D eigenvalue weighted by atomic mass is 32.1.